The molecular formula is C14H12F3NO4S. The van der Waals surface area contributed by atoms with Crippen molar-refractivity contribution in [1.82, 2.24) is 0 Å². The van der Waals surface area contributed by atoms with Crippen molar-refractivity contribution in [1.29, 1.82) is 0 Å². The lowest BCUT2D eigenvalue weighted by Crippen LogP contribution is -2.18. The van der Waals surface area contributed by atoms with Crippen molar-refractivity contribution in [2.75, 3.05) is 11.8 Å². The Morgan fingerprint density at radius 1 is 1.00 bits per heavy atom. The number of alkyl halides is 3. The Morgan fingerprint density at radius 2 is 1.65 bits per heavy atom. The predicted molar refractivity (Wildman–Crippen MR) is 76.9 cm³/mol. The van der Waals surface area contributed by atoms with Gasteiger partial charge >= 0.3 is 6.36 Å². The molecule has 0 spiro atoms. The average Bonchev–Trinajstić information content (AvgIpc) is 2.45. The van der Waals surface area contributed by atoms with Crippen LogP contribution >= 0.6 is 0 Å². The Bertz CT molecular complexity index is 791. The molecule has 0 aromatic heterocycles. The van der Waals surface area contributed by atoms with Crippen molar-refractivity contribution in [3.63, 3.8) is 0 Å². The molecule has 124 valence electrons. The molecule has 0 fully saturated rings. The number of benzene rings is 2. The summed E-state index contributed by atoms with van der Waals surface area (Å²) in [5.41, 5.74) is 0.214. The van der Waals surface area contributed by atoms with Gasteiger partial charge in [0.15, 0.2) is 0 Å². The summed E-state index contributed by atoms with van der Waals surface area (Å²) in [7, 11) is -2.65. The third-order valence-corrected chi connectivity index (χ3v) is 4.05. The molecule has 2 rings (SSSR count). The number of methoxy groups -OCH3 is 1. The Balaban J connectivity index is 2.27. The molecule has 2 aromatic carbocycles. The van der Waals surface area contributed by atoms with Gasteiger partial charge in [-0.25, -0.2) is 8.42 Å². The number of nitrogens with one attached hydrogen (secondary N) is 1. The van der Waals surface area contributed by atoms with Crippen LogP contribution < -0.4 is 14.2 Å². The second kappa shape index (κ2) is 6.37. The maximum atomic E-state index is 12.2. The van der Waals surface area contributed by atoms with Crippen LogP contribution in [0.5, 0.6) is 11.5 Å². The molecule has 1 N–H and O–H groups in total. The minimum absolute atomic E-state index is 0.214. The first kappa shape index (κ1) is 16.9. The maximum absolute atomic E-state index is 12.2. The number of hydrogen-bond donors (Lipinski definition) is 1. The van der Waals surface area contributed by atoms with Crippen LogP contribution in [-0.2, 0) is 10.0 Å². The van der Waals surface area contributed by atoms with Crippen LogP contribution in [0.25, 0.3) is 0 Å². The van der Waals surface area contributed by atoms with Gasteiger partial charge in [0.2, 0.25) is 0 Å². The van der Waals surface area contributed by atoms with Crippen LogP contribution in [0, 0.1) is 0 Å². The number of halogens is 3. The fourth-order valence-corrected chi connectivity index (χ4v) is 2.82. The summed E-state index contributed by atoms with van der Waals surface area (Å²) in [5.74, 6) is -0.189. The number of rotatable bonds is 5. The fraction of sp³-hybridized carbons (Fsp3) is 0.143. The highest BCUT2D eigenvalue weighted by Crippen LogP contribution is 2.26. The molecule has 9 heteroatoms. The molecule has 0 heterocycles. The molecule has 0 unspecified atom stereocenters. The molecule has 0 saturated heterocycles. The van der Waals surface area contributed by atoms with Crippen LogP contribution in [0.15, 0.2) is 53.4 Å². The Hall–Kier alpha value is -2.42. The van der Waals surface area contributed by atoms with E-state index in [1.165, 1.54) is 19.2 Å². The van der Waals surface area contributed by atoms with Crippen molar-refractivity contribution in [2.24, 2.45) is 0 Å². The molecule has 2 aromatic rings. The number of sulfonamides is 1. The minimum atomic E-state index is -4.90. The molecule has 0 amide bonds. The van der Waals surface area contributed by atoms with E-state index in [0.717, 1.165) is 24.3 Å². The van der Waals surface area contributed by atoms with E-state index in [2.05, 4.69) is 9.46 Å². The van der Waals surface area contributed by atoms with Crippen molar-refractivity contribution in [3.8, 4) is 11.5 Å². The standard InChI is InChI=1S/C14H12F3NO4S/c1-21-11-5-2-4-10(8-11)18-23(19,20)13-7-3-6-12(9-13)22-14(15,16)17/h2-9,18H,1H3. The van der Waals surface area contributed by atoms with Gasteiger partial charge in [0.1, 0.15) is 11.5 Å². The molecule has 0 aliphatic rings. The van der Waals surface area contributed by atoms with E-state index in [-0.39, 0.29) is 10.6 Å². The molecule has 0 bridgehead atoms. The Labute approximate surface area is 130 Å². The van der Waals surface area contributed by atoms with Crippen LogP contribution in [0.2, 0.25) is 0 Å². The van der Waals surface area contributed by atoms with Crippen LogP contribution in [-0.4, -0.2) is 21.9 Å². The zero-order valence-electron chi connectivity index (χ0n) is 11.8. The van der Waals surface area contributed by atoms with Crippen molar-refractivity contribution < 1.29 is 31.1 Å². The van der Waals surface area contributed by atoms with Gasteiger partial charge in [0, 0.05) is 12.1 Å². The Morgan fingerprint density at radius 3 is 2.30 bits per heavy atom. The molecule has 0 atom stereocenters. The Kier molecular flexibility index (Phi) is 4.69. The predicted octanol–water partition coefficient (Wildman–Crippen LogP) is 3.39. The highest BCUT2D eigenvalue weighted by Gasteiger charge is 2.31. The monoisotopic (exact) mass is 347 g/mol. The SMILES string of the molecule is COc1cccc(NS(=O)(=O)c2cccc(OC(F)(F)F)c2)c1. The van der Waals surface area contributed by atoms with Gasteiger partial charge in [-0.3, -0.25) is 4.72 Å². The zero-order chi connectivity index (χ0) is 17.1. The van der Waals surface area contributed by atoms with Gasteiger partial charge < -0.3 is 9.47 Å². The second-order valence-corrected chi connectivity index (χ2v) is 6.04. The summed E-state index contributed by atoms with van der Waals surface area (Å²) in [6.45, 7) is 0. The van der Waals surface area contributed by atoms with E-state index in [1.807, 2.05) is 0 Å². The summed E-state index contributed by atoms with van der Waals surface area (Å²) < 4.78 is 72.0. The van der Waals surface area contributed by atoms with Crippen molar-refractivity contribution in [2.45, 2.75) is 11.3 Å². The van der Waals surface area contributed by atoms with E-state index in [1.54, 1.807) is 12.1 Å². The van der Waals surface area contributed by atoms with Crippen LogP contribution in [0.1, 0.15) is 0 Å². The fourth-order valence-electron chi connectivity index (χ4n) is 1.74. The van der Waals surface area contributed by atoms with E-state index < -0.39 is 22.1 Å². The lowest BCUT2D eigenvalue weighted by Gasteiger charge is -2.12. The molecule has 23 heavy (non-hydrogen) atoms. The van der Waals surface area contributed by atoms with E-state index in [4.69, 9.17) is 4.74 Å². The average molecular weight is 347 g/mol. The summed E-state index contributed by atoms with van der Waals surface area (Å²) in [5, 5.41) is 0. The number of hydrogen-bond acceptors (Lipinski definition) is 4. The topological polar surface area (TPSA) is 64.6 Å². The first-order chi connectivity index (χ1) is 10.7. The lowest BCUT2D eigenvalue weighted by atomic mass is 10.3. The molecule has 0 saturated carbocycles. The normalized spacial score (nSPS) is 11.8. The minimum Gasteiger partial charge on any atom is -0.497 e. The highest BCUT2D eigenvalue weighted by atomic mass is 32.2. The van der Waals surface area contributed by atoms with Crippen molar-refractivity contribution in [3.05, 3.63) is 48.5 Å². The largest absolute Gasteiger partial charge is 0.573 e. The molecule has 0 aliphatic carbocycles. The molecule has 0 aliphatic heterocycles. The maximum Gasteiger partial charge on any atom is 0.573 e. The third kappa shape index (κ3) is 4.78. The molecule has 5 nitrogen and oxygen atoms in total. The number of ether oxygens (including phenoxy) is 2. The summed E-state index contributed by atoms with van der Waals surface area (Å²) in [6, 6.07) is 10.2. The van der Waals surface area contributed by atoms with Gasteiger partial charge in [-0.05, 0) is 24.3 Å². The van der Waals surface area contributed by atoms with Crippen LogP contribution in [0.3, 0.4) is 0 Å². The summed E-state index contributed by atoms with van der Waals surface area (Å²) in [4.78, 5) is -0.359. The third-order valence-electron chi connectivity index (χ3n) is 2.67. The van der Waals surface area contributed by atoms with Gasteiger partial charge in [0.25, 0.3) is 10.0 Å². The van der Waals surface area contributed by atoms with Crippen LogP contribution in [0.4, 0.5) is 18.9 Å². The van der Waals surface area contributed by atoms with Gasteiger partial charge in [-0.15, -0.1) is 13.2 Å². The second-order valence-electron chi connectivity index (χ2n) is 4.36. The van der Waals surface area contributed by atoms with Gasteiger partial charge in [-0.2, -0.15) is 0 Å². The van der Waals surface area contributed by atoms with Gasteiger partial charge in [-0.1, -0.05) is 12.1 Å². The summed E-state index contributed by atoms with van der Waals surface area (Å²) >= 11 is 0. The van der Waals surface area contributed by atoms with Gasteiger partial charge in [0.05, 0.1) is 17.7 Å². The first-order valence-electron chi connectivity index (χ1n) is 6.22. The quantitative estimate of drug-likeness (QED) is 0.900. The molecular weight excluding hydrogens is 335 g/mol. The highest BCUT2D eigenvalue weighted by molar-refractivity contribution is 7.92. The smallest absolute Gasteiger partial charge is 0.497 e. The van der Waals surface area contributed by atoms with Crippen molar-refractivity contribution >= 4 is 15.7 Å². The first-order valence-corrected chi connectivity index (χ1v) is 7.71. The lowest BCUT2D eigenvalue weighted by molar-refractivity contribution is -0.274. The zero-order valence-corrected chi connectivity index (χ0v) is 12.6. The van der Waals surface area contributed by atoms with E-state index in [9.17, 15) is 21.6 Å². The molecule has 0 radical (unpaired) electrons. The number of anilines is 1. The van der Waals surface area contributed by atoms with E-state index >= 15 is 0 Å². The summed E-state index contributed by atoms with van der Waals surface area (Å²) in [6.07, 6.45) is -4.90. The van der Waals surface area contributed by atoms with E-state index in [0.29, 0.717) is 5.75 Å².